The molecule has 0 aliphatic heterocycles. The number of methoxy groups -OCH3 is 1. The summed E-state index contributed by atoms with van der Waals surface area (Å²) >= 11 is 0. The van der Waals surface area contributed by atoms with Crippen molar-refractivity contribution in [2.45, 2.75) is 13.8 Å². The van der Waals surface area contributed by atoms with Crippen LogP contribution >= 0.6 is 0 Å². The fourth-order valence-electron chi connectivity index (χ4n) is 1.54. The lowest BCUT2D eigenvalue weighted by Crippen LogP contribution is -2.13. The zero-order valence-corrected chi connectivity index (χ0v) is 11.7. The molecule has 0 heterocycles. The molecule has 0 radical (unpaired) electrons. The van der Waals surface area contributed by atoms with Gasteiger partial charge in [0, 0.05) is 24.5 Å². The van der Waals surface area contributed by atoms with Crippen LogP contribution in [-0.2, 0) is 9.47 Å². The van der Waals surface area contributed by atoms with Crippen molar-refractivity contribution in [2.24, 2.45) is 5.92 Å². The Bertz CT molecular complexity index is 419. The highest BCUT2D eigenvalue weighted by molar-refractivity contribution is 5.96. The van der Waals surface area contributed by atoms with Crippen LogP contribution in [0.25, 0.3) is 0 Å². The van der Waals surface area contributed by atoms with E-state index in [1.807, 2.05) is 6.07 Å². The van der Waals surface area contributed by atoms with Crippen LogP contribution in [-0.4, -0.2) is 32.8 Å². The monoisotopic (exact) mass is 266 g/mol. The van der Waals surface area contributed by atoms with E-state index >= 15 is 0 Å². The maximum absolute atomic E-state index is 11.5. The molecular formula is C14H22N2O3. The van der Waals surface area contributed by atoms with Gasteiger partial charge in [-0.15, -0.1) is 0 Å². The van der Waals surface area contributed by atoms with E-state index < -0.39 is 5.97 Å². The molecule has 0 saturated carbocycles. The van der Waals surface area contributed by atoms with Crippen molar-refractivity contribution >= 4 is 17.3 Å². The Morgan fingerprint density at radius 2 is 2.16 bits per heavy atom. The van der Waals surface area contributed by atoms with Gasteiger partial charge in [-0.25, -0.2) is 4.79 Å². The first-order valence-electron chi connectivity index (χ1n) is 6.34. The number of hydrogen-bond donors (Lipinski definition) is 2. The molecule has 5 nitrogen and oxygen atoms in total. The molecule has 0 saturated heterocycles. The second-order valence-electron chi connectivity index (χ2n) is 4.69. The van der Waals surface area contributed by atoms with E-state index in [4.69, 9.17) is 10.5 Å². The third-order valence-electron chi connectivity index (χ3n) is 2.49. The molecule has 5 heteroatoms. The van der Waals surface area contributed by atoms with Crippen molar-refractivity contribution in [3.63, 3.8) is 0 Å². The normalized spacial score (nSPS) is 10.5. The van der Waals surface area contributed by atoms with Crippen molar-refractivity contribution in [1.82, 2.24) is 0 Å². The van der Waals surface area contributed by atoms with E-state index in [0.717, 1.165) is 12.3 Å². The topological polar surface area (TPSA) is 73.6 Å². The first-order valence-corrected chi connectivity index (χ1v) is 6.34. The van der Waals surface area contributed by atoms with Gasteiger partial charge in [-0.05, 0) is 24.1 Å². The number of carbonyl (C=O) groups excluding carboxylic acids is 1. The summed E-state index contributed by atoms with van der Waals surface area (Å²) in [6, 6.07) is 5.19. The number of ether oxygens (including phenoxy) is 2. The van der Waals surface area contributed by atoms with Crippen LogP contribution in [0.15, 0.2) is 18.2 Å². The lowest BCUT2D eigenvalue weighted by Gasteiger charge is -2.11. The molecule has 0 aliphatic carbocycles. The highest BCUT2D eigenvalue weighted by atomic mass is 16.5. The van der Waals surface area contributed by atoms with Crippen molar-refractivity contribution in [2.75, 3.05) is 37.9 Å². The van der Waals surface area contributed by atoms with Gasteiger partial charge in [0.2, 0.25) is 0 Å². The number of carbonyl (C=O) groups is 1. The number of esters is 1. The number of hydrogen-bond acceptors (Lipinski definition) is 5. The molecule has 1 aromatic rings. The molecule has 0 unspecified atom stereocenters. The quantitative estimate of drug-likeness (QED) is 0.449. The number of nitrogens with one attached hydrogen (secondary N) is 1. The van der Waals surface area contributed by atoms with Gasteiger partial charge in [0.05, 0.1) is 19.3 Å². The summed E-state index contributed by atoms with van der Waals surface area (Å²) < 4.78 is 10.1. The largest absolute Gasteiger partial charge is 0.465 e. The van der Waals surface area contributed by atoms with Crippen LogP contribution in [0, 0.1) is 5.92 Å². The Labute approximate surface area is 114 Å². The van der Waals surface area contributed by atoms with Crippen LogP contribution in [0.4, 0.5) is 11.4 Å². The SMILES string of the molecule is COC(=O)c1cc(NCCOCC(C)C)ccc1N. The average Bonchev–Trinajstić information content (AvgIpc) is 2.39. The van der Waals surface area contributed by atoms with Crippen molar-refractivity contribution in [3.05, 3.63) is 23.8 Å². The highest BCUT2D eigenvalue weighted by Gasteiger charge is 2.10. The summed E-state index contributed by atoms with van der Waals surface area (Å²) in [4.78, 5) is 11.5. The second-order valence-corrected chi connectivity index (χ2v) is 4.69. The Kier molecular flexibility index (Phi) is 6.15. The summed E-state index contributed by atoms with van der Waals surface area (Å²) in [7, 11) is 1.33. The Morgan fingerprint density at radius 1 is 1.42 bits per heavy atom. The minimum absolute atomic E-state index is 0.371. The van der Waals surface area contributed by atoms with E-state index in [2.05, 4.69) is 23.9 Å². The standard InChI is InChI=1S/C14H22N2O3/c1-10(2)9-19-7-6-16-11-4-5-13(15)12(8-11)14(17)18-3/h4-5,8,10,16H,6-7,9,15H2,1-3H3. The maximum Gasteiger partial charge on any atom is 0.340 e. The van der Waals surface area contributed by atoms with Crippen molar-refractivity contribution < 1.29 is 14.3 Å². The van der Waals surface area contributed by atoms with Crippen molar-refractivity contribution in [1.29, 1.82) is 0 Å². The zero-order valence-electron chi connectivity index (χ0n) is 11.7. The summed E-state index contributed by atoms with van der Waals surface area (Å²) in [6.07, 6.45) is 0. The van der Waals surface area contributed by atoms with Gasteiger partial charge in [-0.1, -0.05) is 13.8 Å². The Morgan fingerprint density at radius 3 is 2.79 bits per heavy atom. The molecule has 3 N–H and O–H groups in total. The highest BCUT2D eigenvalue weighted by Crippen LogP contribution is 2.18. The predicted molar refractivity (Wildman–Crippen MR) is 76.3 cm³/mol. The zero-order chi connectivity index (χ0) is 14.3. The number of nitrogens with two attached hydrogens (primary N) is 1. The molecule has 106 valence electrons. The third kappa shape index (κ3) is 5.18. The van der Waals surface area contributed by atoms with Gasteiger partial charge in [-0.3, -0.25) is 0 Å². The first-order chi connectivity index (χ1) is 9.04. The van der Waals surface area contributed by atoms with Gasteiger partial charge in [0.25, 0.3) is 0 Å². The lowest BCUT2D eigenvalue weighted by atomic mass is 10.1. The van der Waals surface area contributed by atoms with Crippen LogP contribution < -0.4 is 11.1 Å². The summed E-state index contributed by atoms with van der Waals surface area (Å²) in [5, 5.41) is 3.18. The van der Waals surface area contributed by atoms with E-state index in [1.165, 1.54) is 7.11 Å². The maximum atomic E-state index is 11.5. The average molecular weight is 266 g/mol. The molecule has 19 heavy (non-hydrogen) atoms. The van der Waals surface area contributed by atoms with Crippen LogP contribution in [0.1, 0.15) is 24.2 Å². The fraction of sp³-hybridized carbons (Fsp3) is 0.500. The molecule has 0 aliphatic rings. The molecule has 1 rings (SSSR count). The summed E-state index contributed by atoms with van der Waals surface area (Å²) in [5.74, 6) is 0.0969. The van der Waals surface area contributed by atoms with Crippen LogP contribution in [0.3, 0.4) is 0 Å². The Hall–Kier alpha value is -1.75. The van der Waals surface area contributed by atoms with E-state index in [0.29, 0.717) is 30.3 Å². The van der Waals surface area contributed by atoms with Gasteiger partial charge in [-0.2, -0.15) is 0 Å². The Balaban J connectivity index is 2.48. The molecule has 0 spiro atoms. The van der Waals surface area contributed by atoms with Crippen LogP contribution in [0.2, 0.25) is 0 Å². The van der Waals surface area contributed by atoms with E-state index in [9.17, 15) is 4.79 Å². The second kappa shape index (κ2) is 7.63. The van der Waals surface area contributed by atoms with Gasteiger partial charge < -0.3 is 20.5 Å². The van der Waals surface area contributed by atoms with E-state index in [-0.39, 0.29) is 0 Å². The van der Waals surface area contributed by atoms with Gasteiger partial charge in [0.1, 0.15) is 0 Å². The minimum Gasteiger partial charge on any atom is -0.465 e. The summed E-state index contributed by atoms with van der Waals surface area (Å²) in [6.45, 7) is 6.26. The minimum atomic E-state index is -0.433. The molecule has 0 fully saturated rings. The number of anilines is 2. The predicted octanol–water partition coefficient (Wildman–Crippen LogP) is 2.14. The number of benzene rings is 1. The fourth-order valence-corrected chi connectivity index (χ4v) is 1.54. The van der Waals surface area contributed by atoms with Gasteiger partial charge >= 0.3 is 5.97 Å². The molecule has 0 bridgehead atoms. The lowest BCUT2D eigenvalue weighted by molar-refractivity contribution is 0.0602. The third-order valence-corrected chi connectivity index (χ3v) is 2.49. The molecule has 0 atom stereocenters. The van der Waals surface area contributed by atoms with Crippen LogP contribution in [0.5, 0.6) is 0 Å². The molecular weight excluding hydrogens is 244 g/mol. The smallest absolute Gasteiger partial charge is 0.340 e. The molecule has 0 amide bonds. The molecule has 1 aromatic carbocycles. The van der Waals surface area contributed by atoms with Crippen molar-refractivity contribution in [3.8, 4) is 0 Å². The number of nitrogen functional groups attached to an aromatic ring is 1. The summed E-state index contributed by atoms with van der Waals surface area (Å²) in [5.41, 5.74) is 7.33. The molecule has 0 aromatic heterocycles. The van der Waals surface area contributed by atoms with Gasteiger partial charge in [0.15, 0.2) is 0 Å². The van der Waals surface area contributed by atoms with E-state index in [1.54, 1.807) is 12.1 Å². The number of rotatable bonds is 7. The first kappa shape index (κ1) is 15.3.